The van der Waals surface area contributed by atoms with Gasteiger partial charge in [0.2, 0.25) is 0 Å². The minimum Gasteiger partial charge on any atom is -0.378 e. The molecular formula is C23H21FN6O2. The van der Waals surface area contributed by atoms with Crippen LogP contribution < -0.4 is 10.2 Å². The van der Waals surface area contributed by atoms with Crippen molar-refractivity contribution in [3.8, 4) is 11.3 Å². The molecule has 32 heavy (non-hydrogen) atoms. The number of pyridine rings is 1. The monoisotopic (exact) mass is 432 g/mol. The Morgan fingerprint density at radius 3 is 2.69 bits per heavy atom. The second kappa shape index (κ2) is 8.35. The number of anilines is 2. The summed E-state index contributed by atoms with van der Waals surface area (Å²) in [5.74, 6) is 0.456. The van der Waals surface area contributed by atoms with Gasteiger partial charge in [-0.3, -0.25) is 9.20 Å². The van der Waals surface area contributed by atoms with E-state index >= 15 is 0 Å². The van der Waals surface area contributed by atoms with Crippen LogP contribution in [0.4, 0.5) is 16.0 Å². The molecule has 0 spiro atoms. The number of amides is 1. The van der Waals surface area contributed by atoms with Gasteiger partial charge in [-0.05, 0) is 42.8 Å². The second-order valence-corrected chi connectivity index (χ2v) is 7.52. The Kier molecular flexibility index (Phi) is 5.24. The SMILES string of the molecule is Cc1cccn2c(NC(=O)c3cc(N4CCOCC4)ncn3)c(-c3ccc(F)cc3)nc12. The second-order valence-electron chi connectivity index (χ2n) is 7.52. The van der Waals surface area contributed by atoms with Crippen molar-refractivity contribution in [2.24, 2.45) is 0 Å². The molecule has 0 bridgehead atoms. The third-order valence-electron chi connectivity index (χ3n) is 5.42. The van der Waals surface area contributed by atoms with Crippen LogP contribution in [0.2, 0.25) is 0 Å². The summed E-state index contributed by atoms with van der Waals surface area (Å²) in [4.78, 5) is 28.4. The van der Waals surface area contributed by atoms with E-state index in [1.54, 1.807) is 18.2 Å². The highest BCUT2D eigenvalue weighted by molar-refractivity contribution is 6.05. The number of aromatic nitrogens is 4. The average Bonchev–Trinajstić information content (AvgIpc) is 3.20. The van der Waals surface area contributed by atoms with Gasteiger partial charge in [0.25, 0.3) is 5.91 Å². The topological polar surface area (TPSA) is 84.7 Å². The Bertz CT molecular complexity index is 1280. The number of rotatable bonds is 4. The van der Waals surface area contributed by atoms with Crippen molar-refractivity contribution in [3.05, 3.63) is 72.1 Å². The number of ether oxygens (including phenoxy) is 1. The van der Waals surface area contributed by atoms with Gasteiger partial charge in [-0.25, -0.2) is 19.3 Å². The largest absolute Gasteiger partial charge is 0.378 e. The molecule has 0 unspecified atom stereocenters. The molecule has 0 aliphatic carbocycles. The highest BCUT2D eigenvalue weighted by atomic mass is 19.1. The molecule has 162 valence electrons. The molecule has 3 aromatic heterocycles. The lowest BCUT2D eigenvalue weighted by Crippen LogP contribution is -2.37. The number of fused-ring (bicyclic) bond motifs is 1. The Morgan fingerprint density at radius 2 is 1.91 bits per heavy atom. The molecule has 0 atom stereocenters. The van der Waals surface area contributed by atoms with Gasteiger partial charge < -0.3 is 15.0 Å². The molecule has 8 nitrogen and oxygen atoms in total. The fourth-order valence-electron chi connectivity index (χ4n) is 3.74. The van der Waals surface area contributed by atoms with E-state index < -0.39 is 0 Å². The zero-order valence-corrected chi connectivity index (χ0v) is 17.5. The van der Waals surface area contributed by atoms with Gasteiger partial charge in [-0.1, -0.05) is 6.07 Å². The van der Waals surface area contributed by atoms with Gasteiger partial charge in [0.1, 0.15) is 40.8 Å². The van der Waals surface area contributed by atoms with Crippen molar-refractivity contribution in [3.63, 3.8) is 0 Å². The normalized spacial score (nSPS) is 14.0. The van der Waals surface area contributed by atoms with Crippen molar-refractivity contribution in [2.45, 2.75) is 6.92 Å². The summed E-state index contributed by atoms with van der Waals surface area (Å²) in [6, 6.07) is 11.5. The predicted octanol–water partition coefficient (Wildman–Crippen LogP) is 3.33. The summed E-state index contributed by atoms with van der Waals surface area (Å²) in [5.41, 5.74) is 3.15. The number of hydrogen-bond acceptors (Lipinski definition) is 6. The number of aryl methyl sites for hydroxylation is 1. The highest BCUT2D eigenvalue weighted by Crippen LogP contribution is 2.30. The lowest BCUT2D eigenvalue weighted by molar-refractivity contribution is 0.102. The molecule has 1 fully saturated rings. The van der Waals surface area contributed by atoms with E-state index in [4.69, 9.17) is 9.72 Å². The van der Waals surface area contributed by atoms with Crippen LogP contribution in [0, 0.1) is 12.7 Å². The molecule has 5 rings (SSSR count). The Hall–Kier alpha value is -3.85. The summed E-state index contributed by atoms with van der Waals surface area (Å²) in [6.45, 7) is 4.60. The number of hydrogen-bond donors (Lipinski definition) is 1. The van der Waals surface area contributed by atoms with Crippen LogP contribution in [0.1, 0.15) is 16.1 Å². The molecule has 1 aliphatic rings. The van der Waals surface area contributed by atoms with Crippen molar-refractivity contribution >= 4 is 23.2 Å². The number of halogens is 1. The number of benzene rings is 1. The van der Waals surface area contributed by atoms with Gasteiger partial charge in [-0.2, -0.15) is 0 Å². The van der Waals surface area contributed by atoms with Gasteiger partial charge in [-0.15, -0.1) is 0 Å². The average molecular weight is 432 g/mol. The number of carbonyl (C=O) groups excluding carboxylic acids is 1. The molecule has 4 heterocycles. The Morgan fingerprint density at radius 1 is 1.12 bits per heavy atom. The molecule has 1 aliphatic heterocycles. The quantitative estimate of drug-likeness (QED) is 0.533. The first-order chi connectivity index (χ1) is 15.6. The lowest BCUT2D eigenvalue weighted by atomic mass is 10.1. The third kappa shape index (κ3) is 3.78. The van der Waals surface area contributed by atoms with Crippen LogP contribution in [-0.4, -0.2) is 51.6 Å². The van der Waals surface area contributed by atoms with Crippen LogP contribution in [0.15, 0.2) is 55.0 Å². The smallest absolute Gasteiger partial charge is 0.275 e. The Balaban J connectivity index is 1.52. The number of nitrogens with one attached hydrogen (secondary N) is 1. The fourth-order valence-corrected chi connectivity index (χ4v) is 3.74. The molecule has 9 heteroatoms. The minimum absolute atomic E-state index is 0.245. The van der Waals surface area contributed by atoms with E-state index in [-0.39, 0.29) is 17.4 Å². The molecule has 1 amide bonds. The van der Waals surface area contributed by atoms with Crippen molar-refractivity contribution in [2.75, 3.05) is 36.5 Å². The number of nitrogens with zero attached hydrogens (tertiary/aromatic N) is 5. The first kappa shape index (κ1) is 20.1. The van der Waals surface area contributed by atoms with E-state index in [0.29, 0.717) is 54.8 Å². The first-order valence-corrected chi connectivity index (χ1v) is 10.3. The van der Waals surface area contributed by atoms with Gasteiger partial charge in [0.05, 0.1) is 13.2 Å². The lowest BCUT2D eigenvalue weighted by Gasteiger charge is -2.27. The van der Waals surface area contributed by atoms with Crippen molar-refractivity contribution in [1.82, 2.24) is 19.4 Å². The number of morpholine rings is 1. The maximum absolute atomic E-state index is 13.5. The molecular weight excluding hydrogens is 411 g/mol. The van der Waals surface area contributed by atoms with Gasteiger partial charge in [0.15, 0.2) is 0 Å². The van der Waals surface area contributed by atoms with Crippen LogP contribution in [0.5, 0.6) is 0 Å². The van der Waals surface area contributed by atoms with E-state index in [2.05, 4.69) is 20.2 Å². The zero-order chi connectivity index (χ0) is 22.1. The van der Waals surface area contributed by atoms with E-state index in [1.165, 1.54) is 18.5 Å². The third-order valence-corrected chi connectivity index (χ3v) is 5.42. The van der Waals surface area contributed by atoms with E-state index in [0.717, 1.165) is 5.56 Å². The zero-order valence-electron chi connectivity index (χ0n) is 17.5. The molecule has 1 saturated heterocycles. The molecule has 1 N–H and O–H groups in total. The van der Waals surface area contributed by atoms with Crippen LogP contribution in [-0.2, 0) is 4.74 Å². The maximum atomic E-state index is 13.5. The van der Waals surface area contributed by atoms with E-state index in [9.17, 15) is 9.18 Å². The van der Waals surface area contributed by atoms with Gasteiger partial charge >= 0.3 is 0 Å². The summed E-state index contributed by atoms with van der Waals surface area (Å²) >= 11 is 0. The van der Waals surface area contributed by atoms with Gasteiger partial charge in [0, 0.05) is 30.9 Å². The highest BCUT2D eigenvalue weighted by Gasteiger charge is 2.20. The Labute approximate surface area is 183 Å². The standard InChI is InChI=1S/C23H21FN6O2/c1-15-3-2-8-30-21(15)27-20(16-4-6-17(24)7-5-16)22(30)28-23(31)18-13-19(26-14-25-18)29-9-11-32-12-10-29/h2-8,13-14H,9-12H2,1H3,(H,28,31). The number of imidazole rings is 1. The fraction of sp³-hybridized carbons (Fsp3) is 0.217. The molecule has 1 aromatic carbocycles. The first-order valence-electron chi connectivity index (χ1n) is 10.3. The summed E-state index contributed by atoms with van der Waals surface area (Å²) in [7, 11) is 0. The molecule has 0 radical (unpaired) electrons. The predicted molar refractivity (Wildman–Crippen MR) is 118 cm³/mol. The molecule has 4 aromatic rings. The van der Waals surface area contributed by atoms with E-state index in [1.807, 2.05) is 29.7 Å². The summed E-state index contributed by atoms with van der Waals surface area (Å²) < 4.78 is 20.7. The minimum atomic E-state index is -0.381. The summed E-state index contributed by atoms with van der Waals surface area (Å²) in [6.07, 6.45) is 3.22. The van der Waals surface area contributed by atoms with Crippen LogP contribution in [0.3, 0.4) is 0 Å². The van der Waals surface area contributed by atoms with Crippen LogP contribution in [0.25, 0.3) is 16.9 Å². The van der Waals surface area contributed by atoms with Crippen molar-refractivity contribution in [1.29, 1.82) is 0 Å². The number of carbonyl (C=O) groups is 1. The van der Waals surface area contributed by atoms with Crippen LogP contribution >= 0.6 is 0 Å². The maximum Gasteiger partial charge on any atom is 0.275 e. The summed E-state index contributed by atoms with van der Waals surface area (Å²) in [5, 5.41) is 2.95. The van der Waals surface area contributed by atoms with Crippen molar-refractivity contribution < 1.29 is 13.9 Å². The molecule has 0 saturated carbocycles.